The zero-order valence-corrected chi connectivity index (χ0v) is 18.4. The first-order valence-corrected chi connectivity index (χ1v) is 10.8. The van der Waals surface area contributed by atoms with Crippen LogP contribution in [0.2, 0.25) is 5.02 Å². The Morgan fingerprint density at radius 3 is 2.23 bits per heavy atom. The third kappa shape index (κ3) is 5.93. The second kappa shape index (κ2) is 10.4. The van der Waals surface area contributed by atoms with Crippen LogP contribution < -0.4 is 15.5 Å². The molecule has 1 saturated heterocycles. The molecule has 2 aromatic rings. The van der Waals surface area contributed by atoms with Gasteiger partial charge in [0.1, 0.15) is 0 Å². The predicted molar refractivity (Wildman–Crippen MR) is 125 cm³/mol. The van der Waals surface area contributed by atoms with Crippen LogP contribution >= 0.6 is 23.8 Å². The highest BCUT2D eigenvalue weighted by atomic mass is 35.5. The summed E-state index contributed by atoms with van der Waals surface area (Å²) in [5.74, 6) is -0.0536. The van der Waals surface area contributed by atoms with E-state index in [1.165, 1.54) is 0 Å². The van der Waals surface area contributed by atoms with Crippen LogP contribution in [-0.2, 0) is 4.79 Å². The zero-order valence-electron chi connectivity index (χ0n) is 16.9. The predicted octanol–water partition coefficient (Wildman–Crippen LogP) is 3.92. The standard InChI is InChI=1S/C22H25ClN4O2S/c1-2-3-20(28)25-22(30)24-18-8-10-19(11-9-18)26-12-14-27(15-13-26)21(29)16-4-6-17(23)7-5-16/h4-11H,2-3,12-15H2,1H3,(H2,24,25,28,30). The van der Waals surface area contributed by atoms with Crippen molar-refractivity contribution in [2.24, 2.45) is 0 Å². The normalized spacial score (nSPS) is 13.7. The Morgan fingerprint density at radius 2 is 1.63 bits per heavy atom. The summed E-state index contributed by atoms with van der Waals surface area (Å²) in [7, 11) is 0. The highest BCUT2D eigenvalue weighted by Gasteiger charge is 2.22. The van der Waals surface area contributed by atoms with Gasteiger partial charge in [0.05, 0.1) is 0 Å². The molecule has 2 N–H and O–H groups in total. The fourth-order valence-electron chi connectivity index (χ4n) is 3.28. The van der Waals surface area contributed by atoms with Crippen molar-refractivity contribution >= 4 is 52.1 Å². The lowest BCUT2D eigenvalue weighted by Crippen LogP contribution is -2.48. The Labute approximate surface area is 187 Å². The van der Waals surface area contributed by atoms with Gasteiger partial charge in [0.2, 0.25) is 5.91 Å². The molecule has 6 nitrogen and oxygen atoms in total. The van der Waals surface area contributed by atoms with Crippen LogP contribution in [0.15, 0.2) is 48.5 Å². The summed E-state index contributed by atoms with van der Waals surface area (Å²) in [6.07, 6.45) is 1.23. The molecule has 1 aliphatic heterocycles. The summed E-state index contributed by atoms with van der Waals surface area (Å²) < 4.78 is 0. The number of hydrogen-bond acceptors (Lipinski definition) is 4. The van der Waals surface area contributed by atoms with E-state index in [0.29, 0.717) is 35.2 Å². The van der Waals surface area contributed by atoms with Gasteiger partial charge in [-0.3, -0.25) is 9.59 Å². The fourth-order valence-corrected chi connectivity index (χ4v) is 3.63. The number of carbonyl (C=O) groups is 2. The molecule has 3 rings (SSSR count). The largest absolute Gasteiger partial charge is 0.368 e. The molecule has 0 saturated carbocycles. The van der Waals surface area contributed by atoms with E-state index in [2.05, 4.69) is 15.5 Å². The Morgan fingerprint density at radius 1 is 1.00 bits per heavy atom. The van der Waals surface area contributed by atoms with Crippen molar-refractivity contribution in [3.05, 3.63) is 59.1 Å². The summed E-state index contributed by atoms with van der Waals surface area (Å²) in [4.78, 5) is 28.4. The molecular weight excluding hydrogens is 420 g/mol. The Kier molecular flexibility index (Phi) is 7.65. The van der Waals surface area contributed by atoms with E-state index in [9.17, 15) is 9.59 Å². The van der Waals surface area contributed by atoms with Crippen molar-refractivity contribution in [3.63, 3.8) is 0 Å². The van der Waals surface area contributed by atoms with Crippen LogP contribution in [0.4, 0.5) is 11.4 Å². The highest BCUT2D eigenvalue weighted by Crippen LogP contribution is 2.20. The second-order valence-corrected chi connectivity index (χ2v) is 7.93. The molecular formula is C22H25ClN4O2S. The summed E-state index contributed by atoms with van der Waals surface area (Å²) >= 11 is 11.1. The van der Waals surface area contributed by atoms with Crippen molar-refractivity contribution < 1.29 is 9.59 Å². The molecule has 2 amide bonds. The SMILES string of the molecule is CCCC(=O)NC(=S)Nc1ccc(N2CCN(C(=O)c3ccc(Cl)cc3)CC2)cc1. The molecule has 30 heavy (non-hydrogen) atoms. The maximum atomic E-state index is 12.6. The van der Waals surface area contributed by atoms with Gasteiger partial charge < -0.3 is 20.4 Å². The van der Waals surface area contributed by atoms with Crippen molar-refractivity contribution in [2.45, 2.75) is 19.8 Å². The summed E-state index contributed by atoms with van der Waals surface area (Å²) in [5, 5.41) is 6.61. The summed E-state index contributed by atoms with van der Waals surface area (Å²) in [5.41, 5.74) is 2.56. The molecule has 1 aliphatic rings. The topological polar surface area (TPSA) is 64.7 Å². The van der Waals surface area contributed by atoms with Crippen LogP contribution in [-0.4, -0.2) is 48.0 Å². The molecule has 0 spiro atoms. The molecule has 158 valence electrons. The fraction of sp³-hybridized carbons (Fsp3) is 0.318. The minimum absolute atomic E-state index is 0.0319. The first kappa shape index (κ1) is 22.1. The third-order valence-corrected chi connectivity index (χ3v) is 5.33. The smallest absolute Gasteiger partial charge is 0.253 e. The number of rotatable bonds is 5. The van der Waals surface area contributed by atoms with E-state index in [1.54, 1.807) is 24.3 Å². The number of amides is 2. The van der Waals surface area contributed by atoms with E-state index in [4.69, 9.17) is 23.8 Å². The van der Waals surface area contributed by atoms with Gasteiger partial charge in [0.15, 0.2) is 5.11 Å². The lowest BCUT2D eigenvalue weighted by molar-refractivity contribution is -0.119. The monoisotopic (exact) mass is 444 g/mol. The van der Waals surface area contributed by atoms with E-state index in [-0.39, 0.29) is 11.8 Å². The molecule has 0 bridgehead atoms. The molecule has 1 heterocycles. The maximum absolute atomic E-state index is 12.6. The Balaban J connectivity index is 1.51. The molecule has 0 unspecified atom stereocenters. The number of carbonyl (C=O) groups excluding carboxylic acids is 2. The number of thiocarbonyl (C=S) groups is 1. The number of halogens is 1. The molecule has 8 heteroatoms. The van der Waals surface area contributed by atoms with Crippen molar-refractivity contribution in [3.8, 4) is 0 Å². The molecule has 0 atom stereocenters. The van der Waals surface area contributed by atoms with Gasteiger partial charge >= 0.3 is 0 Å². The van der Waals surface area contributed by atoms with Crippen LogP contribution in [0.25, 0.3) is 0 Å². The van der Waals surface area contributed by atoms with Gasteiger partial charge in [-0.15, -0.1) is 0 Å². The number of piperazine rings is 1. The van der Waals surface area contributed by atoms with Crippen molar-refractivity contribution in [1.82, 2.24) is 10.2 Å². The average Bonchev–Trinajstić information content (AvgIpc) is 2.74. The first-order valence-electron chi connectivity index (χ1n) is 9.97. The number of benzene rings is 2. The zero-order chi connectivity index (χ0) is 21.5. The highest BCUT2D eigenvalue weighted by molar-refractivity contribution is 7.80. The quantitative estimate of drug-likeness (QED) is 0.684. The molecule has 0 aliphatic carbocycles. The average molecular weight is 445 g/mol. The van der Waals surface area contributed by atoms with Crippen molar-refractivity contribution in [1.29, 1.82) is 0 Å². The third-order valence-electron chi connectivity index (χ3n) is 4.88. The lowest BCUT2D eigenvalue weighted by atomic mass is 10.1. The first-order chi connectivity index (χ1) is 14.5. The minimum atomic E-state index is -0.0855. The van der Waals surface area contributed by atoms with E-state index in [0.717, 1.165) is 30.9 Å². The number of nitrogens with one attached hydrogen (secondary N) is 2. The molecule has 0 radical (unpaired) electrons. The van der Waals surface area contributed by atoms with Gasteiger partial charge in [-0.25, -0.2) is 0 Å². The summed E-state index contributed by atoms with van der Waals surface area (Å²) in [6, 6.07) is 14.9. The lowest BCUT2D eigenvalue weighted by Gasteiger charge is -2.36. The van der Waals surface area contributed by atoms with Crippen LogP contribution in [0, 0.1) is 0 Å². The van der Waals surface area contributed by atoms with Crippen LogP contribution in [0.3, 0.4) is 0 Å². The summed E-state index contributed by atoms with van der Waals surface area (Å²) in [6.45, 7) is 4.79. The van der Waals surface area contributed by atoms with Crippen LogP contribution in [0.5, 0.6) is 0 Å². The minimum Gasteiger partial charge on any atom is -0.368 e. The Hall–Kier alpha value is -2.64. The number of anilines is 2. The van der Waals surface area contributed by atoms with Gasteiger partial charge in [-0.05, 0) is 67.2 Å². The molecule has 2 aromatic carbocycles. The van der Waals surface area contributed by atoms with Crippen molar-refractivity contribution in [2.75, 3.05) is 36.4 Å². The second-order valence-electron chi connectivity index (χ2n) is 7.09. The molecule has 0 aromatic heterocycles. The molecule has 1 fully saturated rings. The van der Waals surface area contributed by atoms with Gasteiger partial charge in [0.25, 0.3) is 5.91 Å². The number of nitrogens with zero attached hydrogens (tertiary/aromatic N) is 2. The van der Waals surface area contributed by atoms with Gasteiger partial charge in [-0.1, -0.05) is 18.5 Å². The van der Waals surface area contributed by atoms with E-state index in [1.807, 2.05) is 36.1 Å². The van der Waals surface area contributed by atoms with E-state index >= 15 is 0 Å². The maximum Gasteiger partial charge on any atom is 0.253 e. The van der Waals surface area contributed by atoms with Crippen LogP contribution in [0.1, 0.15) is 30.1 Å². The number of hydrogen-bond donors (Lipinski definition) is 2. The Bertz CT molecular complexity index is 894. The van der Waals surface area contributed by atoms with E-state index < -0.39 is 0 Å². The van der Waals surface area contributed by atoms with Gasteiger partial charge in [0, 0.05) is 54.6 Å². The van der Waals surface area contributed by atoms with Gasteiger partial charge in [-0.2, -0.15) is 0 Å².